The van der Waals surface area contributed by atoms with Crippen molar-refractivity contribution in [3.8, 4) is 17.2 Å². The molecule has 0 aromatic heterocycles. The van der Waals surface area contributed by atoms with Crippen LogP contribution >= 0.6 is 0 Å². The number of fused-ring (bicyclic) bond motifs is 1. The molecule has 3 heteroatoms. The fraction of sp³-hybridized carbons (Fsp3) is 0.250. The monoisotopic (exact) mass is 258 g/mol. The van der Waals surface area contributed by atoms with E-state index in [1.807, 2.05) is 49.4 Å². The Kier molecular flexibility index (Phi) is 4.29. The number of hydrogen-bond acceptors (Lipinski definition) is 3. The van der Waals surface area contributed by atoms with Crippen LogP contribution in [-0.2, 0) is 0 Å². The van der Waals surface area contributed by atoms with Crippen molar-refractivity contribution in [3.63, 3.8) is 0 Å². The van der Waals surface area contributed by atoms with Crippen molar-refractivity contribution < 1.29 is 14.2 Å². The van der Waals surface area contributed by atoms with Gasteiger partial charge in [-0.3, -0.25) is 0 Å². The molecule has 1 heterocycles. The molecule has 3 nitrogen and oxygen atoms in total. The molecule has 100 valence electrons. The highest BCUT2D eigenvalue weighted by molar-refractivity contribution is 5.43. The summed E-state index contributed by atoms with van der Waals surface area (Å²) in [4.78, 5) is 0. The molecule has 0 fully saturated rings. The summed E-state index contributed by atoms with van der Waals surface area (Å²) in [7, 11) is 1.67. The van der Waals surface area contributed by atoms with E-state index in [0.717, 1.165) is 17.2 Å². The minimum absolute atomic E-state index is 0.360. The van der Waals surface area contributed by atoms with Crippen molar-refractivity contribution >= 4 is 0 Å². The molecule has 1 aliphatic rings. The van der Waals surface area contributed by atoms with Gasteiger partial charge in [0.25, 0.3) is 0 Å². The second-order valence-electron chi connectivity index (χ2n) is 4.37. The van der Waals surface area contributed by atoms with Crippen LogP contribution in [0.2, 0.25) is 0 Å². The fourth-order valence-corrected chi connectivity index (χ4v) is 1.68. The molecule has 0 amide bonds. The first-order chi connectivity index (χ1) is 9.19. The van der Waals surface area contributed by atoms with Gasteiger partial charge < -0.3 is 14.2 Å². The average molecular weight is 258 g/mol. The molecule has 1 aliphatic heterocycles. The molecule has 0 spiro atoms. The van der Waals surface area contributed by atoms with Crippen LogP contribution in [0.1, 0.15) is 11.1 Å². The quantitative estimate of drug-likeness (QED) is 0.780. The molecular weight excluding hydrogens is 240 g/mol. The molecule has 0 bridgehead atoms. The standard InChI is InChI=1S/C8H8O2.C8H10O/c1-6-2-3-7-8(4-6)10-5-9-7;1-7-3-5-8(9-2)6-4-7/h2-4H,5H2,1H3;3-6H,1-2H3. The van der Waals surface area contributed by atoms with Gasteiger partial charge in [-0.15, -0.1) is 0 Å². The Bertz CT molecular complexity index is 532. The number of aryl methyl sites for hydroxylation is 2. The summed E-state index contributed by atoms with van der Waals surface area (Å²) in [5.41, 5.74) is 2.46. The number of benzene rings is 2. The molecule has 2 aromatic rings. The van der Waals surface area contributed by atoms with Crippen LogP contribution in [0.4, 0.5) is 0 Å². The van der Waals surface area contributed by atoms with Crippen LogP contribution in [-0.4, -0.2) is 13.9 Å². The van der Waals surface area contributed by atoms with Gasteiger partial charge in [-0.05, 0) is 43.7 Å². The Labute approximate surface area is 113 Å². The van der Waals surface area contributed by atoms with E-state index in [0.29, 0.717) is 6.79 Å². The van der Waals surface area contributed by atoms with Gasteiger partial charge in [-0.1, -0.05) is 23.8 Å². The minimum Gasteiger partial charge on any atom is -0.497 e. The van der Waals surface area contributed by atoms with Gasteiger partial charge in [0.05, 0.1) is 7.11 Å². The van der Waals surface area contributed by atoms with Gasteiger partial charge in [0.2, 0.25) is 6.79 Å². The number of rotatable bonds is 1. The molecule has 3 rings (SSSR count). The highest BCUT2D eigenvalue weighted by Gasteiger charge is 2.11. The molecule has 0 radical (unpaired) electrons. The Morgan fingerprint density at radius 1 is 0.842 bits per heavy atom. The molecule has 0 atom stereocenters. The van der Waals surface area contributed by atoms with Gasteiger partial charge in [0, 0.05) is 0 Å². The largest absolute Gasteiger partial charge is 0.497 e. The Hall–Kier alpha value is -2.16. The van der Waals surface area contributed by atoms with Gasteiger partial charge in [-0.2, -0.15) is 0 Å². The van der Waals surface area contributed by atoms with E-state index < -0.39 is 0 Å². The van der Waals surface area contributed by atoms with Crippen molar-refractivity contribution in [1.82, 2.24) is 0 Å². The third-order valence-electron chi connectivity index (χ3n) is 2.78. The summed E-state index contributed by atoms with van der Waals surface area (Å²) >= 11 is 0. The number of ether oxygens (including phenoxy) is 3. The maximum atomic E-state index is 5.16. The second kappa shape index (κ2) is 6.14. The molecule has 0 N–H and O–H groups in total. The summed E-state index contributed by atoms with van der Waals surface area (Å²) in [6.07, 6.45) is 0. The highest BCUT2D eigenvalue weighted by atomic mass is 16.7. The predicted octanol–water partition coefficient (Wildman–Crippen LogP) is 3.73. The Morgan fingerprint density at radius 3 is 2.16 bits per heavy atom. The first kappa shape index (κ1) is 13.3. The summed E-state index contributed by atoms with van der Waals surface area (Å²) in [6.45, 7) is 4.44. The average Bonchev–Trinajstić information content (AvgIpc) is 2.87. The lowest BCUT2D eigenvalue weighted by molar-refractivity contribution is 0.174. The Morgan fingerprint density at radius 2 is 1.47 bits per heavy atom. The lowest BCUT2D eigenvalue weighted by atomic mass is 10.2. The second-order valence-corrected chi connectivity index (χ2v) is 4.37. The fourth-order valence-electron chi connectivity index (χ4n) is 1.68. The van der Waals surface area contributed by atoms with Gasteiger partial charge in [0.1, 0.15) is 5.75 Å². The lowest BCUT2D eigenvalue weighted by Crippen LogP contribution is -1.92. The van der Waals surface area contributed by atoms with Crippen LogP contribution in [0, 0.1) is 13.8 Å². The van der Waals surface area contributed by atoms with Gasteiger partial charge in [0.15, 0.2) is 11.5 Å². The van der Waals surface area contributed by atoms with E-state index in [-0.39, 0.29) is 0 Å². The maximum Gasteiger partial charge on any atom is 0.231 e. The molecule has 2 aromatic carbocycles. The maximum absolute atomic E-state index is 5.16. The lowest BCUT2D eigenvalue weighted by Gasteiger charge is -1.97. The molecule has 0 aliphatic carbocycles. The smallest absolute Gasteiger partial charge is 0.231 e. The molecular formula is C16H18O3. The van der Waals surface area contributed by atoms with Crippen LogP contribution < -0.4 is 14.2 Å². The van der Waals surface area contributed by atoms with Crippen molar-refractivity contribution in [2.24, 2.45) is 0 Å². The number of hydrogen-bond donors (Lipinski definition) is 0. The molecule has 0 unspecified atom stereocenters. The van der Waals surface area contributed by atoms with Crippen molar-refractivity contribution in [1.29, 1.82) is 0 Å². The van der Waals surface area contributed by atoms with Gasteiger partial charge >= 0.3 is 0 Å². The van der Waals surface area contributed by atoms with Crippen LogP contribution in [0.5, 0.6) is 17.2 Å². The van der Waals surface area contributed by atoms with E-state index in [9.17, 15) is 0 Å². The van der Waals surface area contributed by atoms with E-state index in [4.69, 9.17) is 14.2 Å². The number of methoxy groups -OCH3 is 1. The summed E-state index contributed by atoms with van der Waals surface area (Å²) in [5, 5.41) is 0. The van der Waals surface area contributed by atoms with Crippen molar-refractivity contribution in [2.75, 3.05) is 13.9 Å². The van der Waals surface area contributed by atoms with Crippen LogP contribution in [0.25, 0.3) is 0 Å². The molecule has 19 heavy (non-hydrogen) atoms. The normalized spacial score (nSPS) is 11.5. The zero-order chi connectivity index (χ0) is 13.7. The van der Waals surface area contributed by atoms with Crippen molar-refractivity contribution in [3.05, 3.63) is 53.6 Å². The SMILES string of the molecule is COc1ccc(C)cc1.Cc1ccc2c(c1)OCO2. The Balaban J connectivity index is 0.000000141. The van der Waals surface area contributed by atoms with Crippen LogP contribution in [0.15, 0.2) is 42.5 Å². The summed E-state index contributed by atoms with van der Waals surface area (Å²) < 4.78 is 15.3. The van der Waals surface area contributed by atoms with Gasteiger partial charge in [-0.25, -0.2) is 0 Å². The summed E-state index contributed by atoms with van der Waals surface area (Å²) in [6, 6.07) is 13.9. The first-order valence-corrected chi connectivity index (χ1v) is 6.16. The zero-order valence-electron chi connectivity index (χ0n) is 11.5. The topological polar surface area (TPSA) is 27.7 Å². The highest BCUT2D eigenvalue weighted by Crippen LogP contribution is 2.31. The zero-order valence-corrected chi connectivity index (χ0v) is 11.5. The van der Waals surface area contributed by atoms with E-state index >= 15 is 0 Å². The first-order valence-electron chi connectivity index (χ1n) is 6.16. The van der Waals surface area contributed by atoms with E-state index in [1.165, 1.54) is 11.1 Å². The van der Waals surface area contributed by atoms with E-state index in [2.05, 4.69) is 6.92 Å². The summed E-state index contributed by atoms with van der Waals surface area (Å²) in [5.74, 6) is 2.63. The third-order valence-corrected chi connectivity index (χ3v) is 2.78. The van der Waals surface area contributed by atoms with Crippen LogP contribution in [0.3, 0.4) is 0 Å². The van der Waals surface area contributed by atoms with Crippen molar-refractivity contribution in [2.45, 2.75) is 13.8 Å². The third kappa shape index (κ3) is 3.65. The predicted molar refractivity (Wildman–Crippen MR) is 75.0 cm³/mol. The molecule has 0 saturated carbocycles. The van der Waals surface area contributed by atoms with E-state index in [1.54, 1.807) is 7.11 Å². The minimum atomic E-state index is 0.360. The molecule has 0 saturated heterocycles.